The number of aryl methyl sites for hydroxylation is 1. The predicted octanol–water partition coefficient (Wildman–Crippen LogP) is 12.0. The highest BCUT2D eigenvalue weighted by Gasteiger charge is 2.40. The SMILES string of the molecule is Cc1ccc2oc3c4c(c5ccccc5c3c2c1)-c1c(ccc2ccccc12)P(c1ccccc1)N4c1nc(-c2ccccc2)c2ccccc2n1. The van der Waals surface area contributed by atoms with E-state index in [4.69, 9.17) is 14.4 Å². The van der Waals surface area contributed by atoms with Crippen molar-refractivity contribution in [2.24, 2.45) is 0 Å². The first kappa shape index (κ1) is 29.4. The van der Waals surface area contributed by atoms with Gasteiger partial charge in [-0.25, -0.2) is 9.97 Å². The Morgan fingerprint density at radius 1 is 0.558 bits per heavy atom. The second kappa shape index (κ2) is 11.3. The minimum Gasteiger partial charge on any atom is -0.454 e. The molecule has 5 heteroatoms. The minimum absolute atomic E-state index is 0.654. The summed E-state index contributed by atoms with van der Waals surface area (Å²) in [6.07, 6.45) is 0. The number of para-hydroxylation sites is 1. The van der Waals surface area contributed by atoms with Gasteiger partial charge in [0.25, 0.3) is 0 Å². The zero-order valence-corrected chi connectivity index (χ0v) is 29.2. The summed E-state index contributed by atoms with van der Waals surface area (Å²) >= 11 is 0. The number of rotatable bonds is 3. The van der Waals surface area contributed by atoms with Gasteiger partial charge in [-0.3, -0.25) is 4.67 Å². The van der Waals surface area contributed by atoms with Crippen LogP contribution in [0, 0.1) is 6.92 Å². The van der Waals surface area contributed by atoms with Crippen LogP contribution in [0.5, 0.6) is 0 Å². The molecule has 2 aromatic heterocycles. The van der Waals surface area contributed by atoms with E-state index in [1.165, 1.54) is 43.3 Å². The average molecular weight is 684 g/mol. The molecule has 1 atom stereocenters. The Kier molecular flexibility index (Phi) is 6.40. The Morgan fingerprint density at radius 3 is 2.08 bits per heavy atom. The van der Waals surface area contributed by atoms with Gasteiger partial charge in [-0.1, -0.05) is 151 Å². The van der Waals surface area contributed by atoms with E-state index in [-0.39, 0.29) is 0 Å². The third-order valence-electron chi connectivity index (χ3n) is 10.4. The monoisotopic (exact) mass is 683 g/mol. The Balaban J connectivity index is 1.38. The topological polar surface area (TPSA) is 42.2 Å². The molecule has 10 aromatic rings. The molecule has 4 nitrogen and oxygen atoms in total. The predicted molar refractivity (Wildman–Crippen MR) is 219 cm³/mol. The van der Waals surface area contributed by atoms with Crippen molar-refractivity contribution in [3.8, 4) is 22.4 Å². The number of aromatic nitrogens is 2. The maximum absolute atomic E-state index is 7.09. The number of furan rings is 1. The summed E-state index contributed by atoms with van der Waals surface area (Å²) in [4.78, 5) is 11.0. The summed E-state index contributed by atoms with van der Waals surface area (Å²) in [6, 6.07) is 58.4. The van der Waals surface area contributed by atoms with Crippen LogP contribution in [0.4, 0.5) is 11.6 Å². The molecular formula is C47H30N3OP. The molecule has 0 saturated carbocycles. The molecule has 52 heavy (non-hydrogen) atoms. The van der Waals surface area contributed by atoms with Gasteiger partial charge in [0.1, 0.15) is 11.3 Å². The Bertz CT molecular complexity index is 3050. The molecule has 0 fully saturated rings. The van der Waals surface area contributed by atoms with Gasteiger partial charge in [0.2, 0.25) is 5.95 Å². The van der Waals surface area contributed by atoms with E-state index in [9.17, 15) is 0 Å². The van der Waals surface area contributed by atoms with Crippen molar-refractivity contribution < 1.29 is 4.42 Å². The molecule has 0 bridgehead atoms. The smallest absolute Gasteiger partial charge is 0.235 e. The van der Waals surface area contributed by atoms with Crippen LogP contribution in [0.1, 0.15) is 5.56 Å². The number of anilines is 2. The number of hydrogen-bond acceptors (Lipinski definition) is 4. The van der Waals surface area contributed by atoms with Crippen molar-refractivity contribution in [3.05, 3.63) is 169 Å². The zero-order chi connectivity index (χ0) is 34.3. The van der Waals surface area contributed by atoms with Gasteiger partial charge in [0.05, 0.1) is 19.3 Å². The van der Waals surface area contributed by atoms with Crippen LogP contribution >= 0.6 is 8.07 Å². The Labute approximate surface area is 301 Å². The van der Waals surface area contributed by atoms with E-state index in [0.29, 0.717) is 5.95 Å². The maximum atomic E-state index is 7.09. The summed E-state index contributed by atoms with van der Waals surface area (Å²) in [5.41, 5.74) is 9.20. The third-order valence-corrected chi connectivity index (χ3v) is 12.8. The van der Waals surface area contributed by atoms with E-state index in [0.717, 1.165) is 55.3 Å². The fraction of sp³-hybridized carbons (Fsp3) is 0.0213. The number of nitrogens with zero attached hydrogens (tertiary/aromatic N) is 3. The molecule has 3 heterocycles. The number of benzene rings is 8. The summed E-state index contributed by atoms with van der Waals surface area (Å²) in [6.45, 7) is 2.15. The van der Waals surface area contributed by atoms with E-state index in [1.54, 1.807) is 0 Å². The fourth-order valence-corrected chi connectivity index (χ4v) is 10.7. The quantitative estimate of drug-likeness (QED) is 0.174. The normalized spacial score (nSPS) is 14.0. The lowest BCUT2D eigenvalue weighted by atomic mass is 9.90. The Morgan fingerprint density at radius 2 is 1.25 bits per heavy atom. The summed E-state index contributed by atoms with van der Waals surface area (Å²) in [5.74, 6) is 0.654. The van der Waals surface area contributed by atoms with Crippen LogP contribution in [-0.2, 0) is 0 Å². The van der Waals surface area contributed by atoms with Gasteiger partial charge in [-0.15, -0.1) is 0 Å². The average Bonchev–Trinajstić information content (AvgIpc) is 3.59. The van der Waals surface area contributed by atoms with Crippen molar-refractivity contribution in [3.63, 3.8) is 0 Å². The fourth-order valence-electron chi connectivity index (χ4n) is 8.16. The molecule has 0 radical (unpaired) electrons. The van der Waals surface area contributed by atoms with Crippen LogP contribution in [0.15, 0.2) is 168 Å². The van der Waals surface area contributed by atoms with Gasteiger partial charge in [-0.2, -0.15) is 0 Å². The van der Waals surface area contributed by atoms with E-state index >= 15 is 0 Å². The van der Waals surface area contributed by atoms with Crippen LogP contribution in [0.3, 0.4) is 0 Å². The second-order valence-electron chi connectivity index (χ2n) is 13.5. The lowest BCUT2D eigenvalue weighted by Crippen LogP contribution is -2.31. The van der Waals surface area contributed by atoms with Crippen LogP contribution < -0.4 is 15.3 Å². The molecule has 0 saturated heterocycles. The lowest BCUT2D eigenvalue weighted by Gasteiger charge is -2.40. The first-order valence-corrected chi connectivity index (χ1v) is 18.9. The van der Waals surface area contributed by atoms with Crippen LogP contribution in [0.25, 0.3) is 76.8 Å². The maximum Gasteiger partial charge on any atom is 0.235 e. The standard InChI is InChI=1S/C47H30N3OP/c1-29-24-26-39-37(28-29)41-34-20-10-11-21-35(34)43-42-33-19-9-8-14-30(33)25-27-40(42)52(32-17-6-3-7-18-32)50(45(43)46(41)51-39)47-48-38-23-13-12-22-36(38)44(49-47)31-15-4-2-5-16-31/h2-28H,1H3. The molecule has 0 aliphatic carbocycles. The Hall–Kier alpha value is -6.35. The first-order valence-electron chi connectivity index (χ1n) is 17.6. The highest BCUT2D eigenvalue weighted by molar-refractivity contribution is 7.75. The lowest BCUT2D eigenvalue weighted by molar-refractivity contribution is 0.669. The van der Waals surface area contributed by atoms with Crippen LogP contribution in [0.2, 0.25) is 0 Å². The van der Waals surface area contributed by atoms with Crippen molar-refractivity contribution >= 4 is 84.7 Å². The van der Waals surface area contributed by atoms with E-state index in [1.807, 2.05) is 0 Å². The van der Waals surface area contributed by atoms with Gasteiger partial charge in [-0.05, 0) is 46.7 Å². The summed E-state index contributed by atoms with van der Waals surface area (Å²) in [7, 11) is -1.23. The van der Waals surface area contributed by atoms with Gasteiger partial charge < -0.3 is 4.42 Å². The molecule has 0 amide bonds. The summed E-state index contributed by atoms with van der Waals surface area (Å²) < 4.78 is 9.52. The highest BCUT2D eigenvalue weighted by atomic mass is 31.1. The number of fused-ring (bicyclic) bond motifs is 13. The van der Waals surface area contributed by atoms with E-state index < -0.39 is 8.07 Å². The molecule has 1 aliphatic heterocycles. The molecule has 1 aliphatic rings. The van der Waals surface area contributed by atoms with E-state index in [2.05, 4.69) is 175 Å². The minimum atomic E-state index is -1.23. The highest BCUT2D eigenvalue weighted by Crippen LogP contribution is 2.61. The summed E-state index contributed by atoms with van der Waals surface area (Å²) in [5, 5.41) is 10.5. The molecule has 11 rings (SSSR count). The first-order chi connectivity index (χ1) is 25.7. The van der Waals surface area contributed by atoms with Gasteiger partial charge in [0.15, 0.2) is 5.58 Å². The molecule has 0 spiro atoms. The van der Waals surface area contributed by atoms with Crippen molar-refractivity contribution in [2.75, 3.05) is 4.67 Å². The molecule has 1 unspecified atom stereocenters. The second-order valence-corrected chi connectivity index (χ2v) is 15.5. The number of hydrogen-bond donors (Lipinski definition) is 0. The molecular weight excluding hydrogens is 654 g/mol. The van der Waals surface area contributed by atoms with Gasteiger partial charge in [0, 0.05) is 43.5 Å². The van der Waals surface area contributed by atoms with Crippen molar-refractivity contribution in [2.45, 2.75) is 6.92 Å². The largest absolute Gasteiger partial charge is 0.454 e. The zero-order valence-electron chi connectivity index (χ0n) is 28.3. The molecule has 244 valence electrons. The third kappa shape index (κ3) is 4.25. The van der Waals surface area contributed by atoms with Crippen molar-refractivity contribution in [1.82, 2.24) is 9.97 Å². The van der Waals surface area contributed by atoms with Gasteiger partial charge >= 0.3 is 0 Å². The van der Waals surface area contributed by atoms with Crippen LogP contribution in [-0.4, -0.2) is 9.97 Å². The van der Waals surface area contributed by atoms with Crippen molar-refractivity contribution in [1.29, 1.82) is 0 Å². The molecule has 0 N–H and O–H groups in total. The molecule has 8 aromatic carbocycles.